The van der Waals surface area contributed by atoms with E-state index in [1.165, 1.54) is 16.6 Å². The van der Waals surface area contributed by atoms with Crippen LogP contribution in [-0.2, 0) is 0 Å². The lowest BCUT2D eigenvalue weighted by Crippen LogP contribution is -2.45. The van der Waals surface area contributed by atoms with E-state index >= 15 is 0 Å². The lowest BCUT2D eigenvalue weighted by atomic mass is 10.1. The van der Waals surface area contributed by atoms with E-state index in [4.69, 9.17) is 0 Å². The van der Waals surface area contributed by atoms with E-state index in [2.05, 4.69) is 20.4 Å². The highest BCUT2D eigenvalue weighted by molar-refractivity contribution is 5.91. The second-order valence-corrected chi connectivity index (χ2v) is 6.04. The number of carbonyl (C=O) groups excluding carboxylic acids is 1. The first-order valence-electron chi connectivity index (χ1n) is 8.18. The molecule has 0 bridgehead atoms. The quantitative estimate of drug-likeness (QED) is 0.789. The highest BCUT2D eigenvalue weighted by atomic mass is 19.1. The minimum atomic E-state index is -0.266. The van der Waals surface area contributed by atoms with Gasteiger partial charge in [-0.1, -0.05) is 0 Å². The van der Waals surface area contributed by atoms with Gasteiger partial charge in [0.2, 0.25) is 5.82 Å². The number of rotatable bonds is 3. The van der Waals surface area contributed by atoms with E-state index in [1.54, 1.807) is 35.5 Å². The predicted molar refractivity (Wildman–Crippen MR) is 89.7 cm³/mol. The standard InChI is InChI=1S/C17H17FN6O/c18-12-4-6-13(7-5-12)20-14-3-1-9-23(11-14)16(25)15-21-17-19-8-2-10-24(17)22-15/h2,4-8,10,14,20H,1,3,9,11H2. The van der Waals surface area contributed by atoms with Gasteiger partial charge in [0.25, 0.3) is 11.7 Å². The Morgan fingerprint density at radius 2 is 2.12 bits per heavy atom. The van der Waals surface area contributed by atoms with Gasteiger partial charge in [0, 0.05) is 37.2 Å². The third kappa shape index (κ3) is 3.28. The molecule has 7 nitrogen and oxygen atoms in total. The molecular weight excluding hydrogens is 323 g/mol. The van der Waals surface area contributed by atoms with E-state index in [-0.39, 0.29) is 23.6 Å². The van der Waals surface area contributed by atoms with Crippen LogP contribution in [0.4, 0.5) is 10.1 Å². The third-order valence-electron chi connectivity index (χ3n) is 4.23. The molecule has 0 saturated carbocycles. The molecule has 3 aromatic rings. The summed E-state index contributed by atoms with van der Waals surface area (Å²) in [5.41, 5.74) is 0.843. The van der Waals surface area contributed by atoms with E-state index in [1.807, 2.05) is 0 Å². The SMILES string of the molecule is O=C(c1nc2ncccn2n1)N1CCCC(Nc2ccc(F)cc2)C1. The summed E-state index contributed by atoms with van der Waals surface area (Å²) in [5.74, 6) is 0.0959. The number of hydrogen-bond donors (Lipinski definition) is 1. The minimum Gasteiger partial charge on any atom is -0.381 e. The number of amides is 1. The number of anilines is 1. The Balaban J connectivity index is 1.46. The van der Waals surface area contributed by atoms with Crippen molar-refractivity contribution >= 4 is 17.4 Å². The fourth-order valence-corrected chi connectivity index (χ4v) is 3.03. The molecular formula is C17H17FN6O. The summed E-state index contributed by atoms with van der Waals surface area (Å²) in [6, 6.07) is 8.08. The van der Waals surface area contributed by atoms with Crippen molar-refractivity contribution in [2.45, 2.75) is 18.9 Å². The molecule has 0 spiro atoms. The summed E-state index contributed by atoms with van der Waals surface area (Å²) in [6.45, 7) is 1.22. The van der Waals surface area contributed by atoms with Gasteiger partial charge < -0.3 is 10.2 Å². The largest absolute Gasteiger partial charge is 0.381 e. The predicted octanol–water partition coefficient (Wildman–Crippen LogP) is 1.98. The van der Waals surface area contributed by atoms with Gasteiger partial charge in [-0.25, -0.2) is 13.9 Å². The second-order valence-electron chi connectivity index (χ2n) is 6.04. The van der Waals surface area contributed by atoms with Crippen molar-refractivity contribution in [3.8, 4) is 0 Å². The summed E-state index contributed by atoms with van der Waals surface area (Å²) in [4.78, 5) is 22.7. The first-order valence-corrected chi connectivity index (χ1v) is 8.18. The molecule has 0 radical (unpaired) electrons. The van der Waals surface area contributed by atoms with Gasteiger partial charge in [-0.15, -0.1) is 5.10 Å². The molecule has 2 aromatic heterocycles. The van der Waals surface area contributed by atoms with Gasteiger partial charge in [0.05, 0.1) is 0 Å². The van der Waals surface area contributed by atoms with Gasteiger partial charge >= 0.3 is 0 Å². The fourth-order valence-electron chi connectivity index (χ4n) is 3.03. The second kappa shape index (κ2) is 6.46. The Bertz CT molecular complexity index is 861. The molecule has 1 atom stereocenters. The summed E-state index contributed by atoms with van der Waals surface area (Å²) < 4.78 is 14.5. The topological polar surface area (TPSA) is 75.4 Å². The maximum atomic E-state index is 13.0. The molecule has 1 aliphatic heterocycles. The van der Waals surface area contributed by atoms with Crippen molar-refractivity contribution in [2.75, 3.05) is 18.4 Å². The Morgan fingerprint density at radius 1 is 1.28 bits per heavy atom. The molecule has 1 fully saturated rings. The Labute approximate surface area is 143 Å². The first-order chi connectivity index (χ1) is 12.2. The molecule has 8 heteroatoms. The molecule has 0 aliphatic carbocycles. The van der Waals surface area contributed by atoms with Crippen LogP contribution >= 0.6 is 0 Å². The number of nitrogens with zero attached hydrogens (tertiary/aromatic N) is 5. The van der Waals surface area contributed by atoms with Crippen molar-refractivity contribution in [1.29, 1.82) is 0 Å². The number of carbonyl (C=O) groups is 1. The van der Waals surface area contributed by atoms with Crippen LogP contribution in [0.2, 0.25) is 0 Å². The molecule has 3 heterocycles. The maximum absolute atomic E-state index is 13.0. The zero-order chi connectivity index (χ0) is 17.2. The molecule has 1 unspecified atom stereocenters. The monoisotopic (exact) mass is 340 g/mol. The van der Waals surface area contributed by atoms with E-state index in [0.29, 0.717) is 18.9 Å². The number of aromatic nitrogens is 4. The zero-order valence-electron chi connectivity index (χ0n) is 13.5. The van der Waals surface area contributed by atoms with Crippen LogP contribution in [0.5, 0.6) is 0 Å². The van der Waals surface area contributed by atoms with Crippen molar-refractivity contribution < 1.29 is 9.18 Å². The van der Waals surface area contributed by atoms with Crippen LogP contribution in [0.15, 0.2) is 42.7 Å². The summed E-state index contributed by atoms with van der Waals surface area (Å²) in [7, 11) is 0. The molecule has 1 amide bonds. The normalized spacial score (nSPS) is 17.6. The number of likely N-dealkylation sites (tertiary alicyclic amines) is 1. The lowest BCUT2D eigenvalue weighted by Gasteiger charge is -2.33. The number of fused-ring (bicyclic) bond motifs is 1. The summed E-state index contributed by atoms with van der Waals surface area (Å²) in [5, 5.41) is 7.55. The van der Waals surface area contributed by atoms with Crippen LogP contribution in [0.1, 0.15) is 23.5 Å². The first kappa shape index (κ1) is 15.5. The summed E-state index contributed by atoms with van der Waals surface area (Å²) >= 11 is 0. The molecule has 1 N–H and O–H groups in total. The number of piperidine rings is 1. The average molecular weight is 340 g/mol. The maximum Gasteiger partial charge on any atom is 0.293 e. The highest BCUT2D eigenvalue weighted by Crippen LogP contribution is 2.18. The van der Waals surface area contributed by atoms with Crippen molar-refractivity contribution in [2.24, 2.45) is 0 Å². The van der Waals surface area contributed by atoms with Crippen molar-refractivity contribution in [3.05, 3.63) is 54.4 Å². The fraction of sp³-hybridized carbons (Fsp3) is 0.294. The van der Waals surface area contributed by atoms with Crippen LogP contribution in [0, 0.1) is 5.82 Å². The van der Waals surface area contributed by atoms with Gasteiger partial charge in [0.1, 0.15) is 5.82 Å². The number of benzene rings is 1. The number of nitrogens with one attached hydrogen (secondary N) is 1. The van der Waals surface area contributed by atoms with Gasteiger partial charge in [-0.05, 0) is 43.2 Å². The van der Waals surface area contributed by atoms with Crippen LogP contribution in [0.25, 0.3) is 5.78 Å². The summed E-state index contributed by atoms with van der Waals surface area (Å²) in [6.07, 6.45) is 5.15. The van der Waals surface area contributed by atoms with Crippen LogP contribution < -0.4 is 5.32 Å². The van der Waals surface area contributed by atoms with Gasteiger partial charge in [-0.3, -0.25) is 4.79 Å². The lowest BCUT2D eigenvalue weighted by molar-refractivity contribution is 0.0702. The Hall–Kier alpha value is -3.03. The molecule has 4 rings (SSSR count). The molecule has 1 saturated heterocycles. The van der Waals surface area contributed by atoms with Crippen molar-refractivity contribution in [1.82, 2.24) is 24.5 Å². The Kier molecular flexibility index (Phi) is 4.01. The average Bonchev–Trinajstić information content (AvgIpc) is 3.07. The molecule has 1 aliphatic rings. The smallest absolute Gasteiger partial charge is 0.293 e. The van der Waals surface area contributed by atoms with Crippen molar-refractivity contribution in [3.63, 3.8) is 0 Å². The molecule has 25 heavy (non-hydrogen) atoms. The van der Waals surface area contributed by atoms with Gasteiger partial charge in [0.15, 0.2) is 0 Å². The molecule has 128 valence electrons. The van der Waals surface area contributed by atoms with E-state index in [9.17, 15) is 9.18 Å². The number of hydrogen-bond acceptors (Lipinski definition) is 5. The molecule has 1 aromatic carbocycles. The van der Waals surface area contributed by atoms with Crippen LogP contribution in [-0.4, -0.2) is 49.5 Å². The number of halogens is 1. The van der Waals surface area contributed by atoms with E-state index < -0.39 is 0 Å². The zero-order valence-corrected chi connectivity index (χ0v) is 13.5. The highest BCUT2D eigenvalue weighted by Gasteiger charge is 2.27. The van der Waals surface area contributed by atoms with Gasteiger partial charge in [-0.2, -0.15) is 4.98 Å². The minimum absolute atomic E-state index is 0.110. The van der Waals surface area contributed by atoms with E-state index in [0.717, 1.165) is 18.5 Å². The van der Waals surface area contributed by atoms with Crippen LogP contribution in [0.3, 0.4) is 0 Å². The Morgan fingerprint density at radius 3 is 2.92 bits per heavy atom. The third-order valence-corrected chi connectivity index (χ3v) is 4.23.